The van der Waals surface area contributed by atoms with Gasteiger partial charge in [-0.3, -0.25) is 9.78 Å². The van der Waals surface area contributed by atoms with Crippen LogP contribution in [0.25, 0.3) is 10.9 Å². The molecule has 4 aromatic rings. The van der Waals surface area contributed by atoms with Crippen molar-refractivity contribution < 1.29 is 4.79 Å². The van der Waals surface area contributed by atoms with E-state index in [-0.39, 0.29) is 5.91 Å². The smallest absolute Gasteiger partial charge is 0.258 e. The van der Waals surface area contributed by atoms with Crippen molar-refractivity contribution in [2.75, 3.05) is 5.32 Å². The fraction of sp³-hybridized carbons (Fsp3) is 0.136. The number of rotatable bonds is 4. The number of carbonyl (C=O) groups excluding carboxylic acids is 1. The minimum atomic E-state index is -0.203. The van der Waals surface area contributed by atoms with E-state index in [2.05, 4.69) is 15.4 Å². The molecule has 6 heteroatoms. The van der Waals surface area contributed by atoms with Gasteiger partial charge in [-0.25, -0.2) is 4.68 Å². The lowest BCUT2D eigenvalue weighted by molar-refractivity contribution is 0.102. The molecular weight excluding hydrogens is 372 g/mol. The molecule has 0 saturated heterocycles. The molecule has 0 atom stereocenters. The van der Waals surface area contributed by atoms with Gasteiger partial charge in [-0.15, -0.1) is 0 Å². The van der Waals surface area contributed by atoms with Gasteiger partial charge in [0.1, 0.15) is 5.82 Å². The number of anilines is 1. The molecule has 2 aromatic heterocycles. The van der Waals surface area contributed by atoms with Crippen molar-refractivity contribution in [3.05, 3.63) is 88.2 Å². The third kappa shape index (κ3) is 3.75. The van der Waals surface area contributed by atoms with Crippen molar-refractivity contribution in [2.45, 2.75) is 20.4 Å². The van der Waals surface area contributed by atoms with Gasteiger partial charge >= 0.3 is 0 Å². The summed E-state index contributed by atoms with van der Waals surface area (Å²) in [6.45, 7) is 4.40. The largest absolute Gasteiger partial charge is 0.307 e. The molecule has 5 nitrogen and oxygen atoms in total. The molecule has 2 aromatic carbocycles. The number of nitrogens with zero attached hydrogens (tertiary/aromatic N) is 3. The first-order valence-electron chi connectivity index (χ1n) is 8.95. The van der Waals surface area contributed by atoms with E-state index < -0.39 is 0 Å². The number of carbonyl (C=O) groups is 1. The summed E-state index contributed by atoms with van der Waals surface area (Å²) < 4.78 is 1.75. The second kappa shape index (κ2) is 7.44. The van der Waals surface area contributed by atoms with E-state index in [1.54, 1.807) is 16.9 Å². The fourth-order valence-corrected chi connectivity index (χ4v) is 3.26. The van der Waals surface area contributed by atoms with E-state index in [1.165, 1.54) is 0 Å². The number of aromatic nitrogens is 3. The Bertz CT molecular complexity index is 1170. The van der Waals surface area contributed by atoms with E-state index in [0.717, 1.165) is 22.0 Å². The van der Waals surface area contributed by atoms with E-state index in [1.807, 2.05) is 62.4 Å². The topological polar surface area (TPSA) is 59.8 Å². The van der Waals surface area contributed by atoms with Gasteiger partial charge in [0.05, 0.1) is 29.5 Å². The molecule has 0 aliphatic carbocycles. The summed E-state index contributed by atoms with van der Waals surface area (Å²) in [5.74, 6) is 0.426. The van der Waals surface area contributed by atoms with Crippen LogP contribution in [0.5, 0.6) is 0 Å². The second-order valence-electron chi connectivity index (χ2n) is 6.77. The molecule has 4 rings (SSSR count). The first kappa shape index (κ1) is 18.2. The maximum Gasteiger partial charge on any atom is 0.258 e. The predicted molar refractivity (Wildman–Crippen MR) is 112 cm³/mol. The molecule has 0 fully saturated rings. The highest BCUT2D eigenvalue weighted by Crippen LogP contribution is 2.20. The van der Waals surface area contributed by atoms with Crippen LogP contribution in [0.2, 0.25) is 5.02 Å². The molecule has 0 radical (unpaired) electrons. The molecule has 1 amide bonds. The first-order valence-corrected chi connectivity index (χ1v) is 9.33. The van der Waals surface area contributed by atoms with Crippen molar-refractivity contribution in [3.63, 3.8) is 0 Å². The maximum absolute atomic E-state index is 12.9. The van der Waals surface area contributed by atoms with Gasteiger partial charge in [-0.1, -0.05) is 35.4 Å². The van der Waals surface area contributed by atoms with Gasteiger partial charge in [0, 0.05) is 16.5 Å². The first-order chi connectivity index (χ1) is 13.5. The van der Waals surface area contributed by atoms with Crippen molar-refractivity contribution in [1.29, 1.82) is 0 Å². The molecule has 0 aliphatic rings. The van der Waals surface area contributed by atoms with Gasteiger partial charge in [0.15, 0.2) is 0 Å². The summed E-state index contributed by atoms with van der Waals surface area (Å²) in [5.41, 5.74) is 4.30. The number of amides is 1. The van der Waals surface area contributed by atoms with Crippen LogP contribution in [-0.4, -0.2) is 20.7 Å². The summed E-state index contributed by atoms with van der Waals surface area (Å²) in [6, 6.07) is 17.2. The zero-order valence-corrected chi connectivity index (χ0v) is 16.4. The molecule has 1 N–H and O–H groups in total. The summed E-state index contributed by atoms with van der Waals surface area (Å²) >= 11 is 5.94. The molecule has 140 valence electrons. The number of nitrogens with one attached hydrogen (secondary N) is 1. The molecule has 2 heterocycles. The SMILES string of the molecule is Cc1ccc2nc(C)c(C(=O)Nc3ccnn3Cc3ccc(Cl)cc3)cc2c1. The normalized spacial score (nSPS) is 11.0. The second-order valence-corrected chi connectivity index (χ2v) is 7.21. The van der Waals surface area contributed by atoms with Gasteiger partial charge < -0.3 is 5.32 Å². The number of aryl methyl sites for hydroxylation is 2. The highest BCUT2D eigenvalue weighted by molar-refractivity contribution is 6.30. The molecule has 0 bridgehead atoms. The van der Waals surface area contributed by atoms with E-state index in [4.69, 9.17) is 11.6 Å². The number of fused-ring (bicyclic) bond motifs is 1. The van der Waals surface area contributed by atoms with Gasteiger partial charge in [0.2, 0.25) is 0 Å². The van der Waals surface area contributed by atoms with Crippen LogP contribution >= 0.6 is 11.6 Å². The minimum absolute atomic E-state index is 0.203. The molecule has 0 unspecified atom stereocenters. The van der Waals surface area contributed by atoms with Gasteiger partial charge in [-0.05, 0) is 49.7 Å². The van der Waals surface area contributed by atoms with Crippen LogP contribution in [0.1, 0.15) is 27.2 Å². The van der Waals surface area contributed by atoms with Gasteiger partial charge in [0.25, 0.3) is 5.91 Å². The highest BCUT2D eigenvalue weighted by Gasteiger charge is 2.14. The lowest BCUT2D eigenvalue weighted by atomic mass is 10.1. The predicted octanol–water partition coefficient (Wildman–Crippen LogP) is 5.00. The Morgan fingerprint density at radius 1 is 1.07 bits per heavy atom. The van der Waals surface area contributed by atoms with Crippen LogP contribution in [0.4, 0.5) is 5.82 Å². The summed E-state index contributed by atoms with van der Waals surface area (Å²) in [4.78, 5) is 17.5. The zero-order valence-electron chi connectivity index (χ0n) is 15.6. The summed E-state index contributed by atoms with van der Waals surface area (Å²) in [7, 11) is 0. The Labute approximate surface area is 168 Å². The van der Waals surface area contributed by atoms with Crippen molar-refractivity contribution in [2.24, 2.45) is 0 Å². The van der Waals surface area contributed by atoms with Crippen LogP contribution in [0.3, 0.4) is 0 Å². The Balaban J connectivity index is 1.59. The average molecular weight is 391 g/mol. The number of hydrogen-bond donors (Lipinski definition) is 1. The summed E-state index contributed by atoms with van der Waals surface area (Å²) in [6.07, 6.45) is 1.67. The number of benzene rings is 2. The molecule has 28 heavy (non-hydrogen) atoms. The Morgan fingerprint density at radius 2 is 1.86 bits per heavy atom. The number of hydrogen-bond acceptors (Lipinski definition) is 3. The molecule has 0 spiro atoms. The number of pyridine rings is 1. The van der Waals surface area contributed by atoms with E-state index in [0.29, 0.717) is 28.6 Å². The monoisotopic (exact) mass is 390 g/mol. The third-order valence-electron chi connectivity index (χ3n) is 4.61. The Kier molecular flexibility index (Phi) is 4.84. The highest BCUT2D eigenvalue weighted by atomic mass is 35.5. The average Bonchev–Trinajstić information content (AvgIpc) is 3.10. The zero-order chi connectivity index (χ0) is 19.7. The van der Waals surface area contributed by atoms with E-state index in [9.17, 15) is 4.79 Å². The van der Waals surface area contributed by atoms with Gasteiger partial charge in [-0.2, -0.15) is 5.10 Å². The molecule has 0 saturated carbocycles. The van der Waals surface area contributed by atoms with Crippen LogP contribution in [0.15, 0.2) is 60.8 Å². The Morgan fingerprint density at radius 3 is 2.64 bits per heavy atom. The lowest BCUT2D eigenvalue weighted by Crippen LogP contribution is -2.17. The van der Waals surface area contributed by atoms with Crippen LogP contribution < -0.4 is 5.32 Å². The van der Waals surface area contributed by atoms with Crippen LogP contribution in [0, 0.1) is 13.8 Å². The molecule has 0 aliphatic heterocycles. The fourth-order valence-electron chi connectivity index (χ4n) is 3.13. The van der Waals surface area contributed by atoms with E-state index >= 15 is 0 Å². The Hall–Kier alpha value is -3.18. The third-order valence-corrected chi connectivity index (χ3v) is 4.86. The van der Waals surface area contributed by atoms with Crippen molar-refractivity contribution in [1.82, 2.24) is 14.8 Å². The number of halogens is 1. The van der Waals surface area contributed by atoms with Crippen molar-refractivity contribution >= 4 is 34.2 Å². The minimum Gasteiger partial charge on any atom is -0.307 e. The molecular formula is C22H19ClN4O. The summed E-state index contributed by atoms with van der Waals surface area (Å²) in [5, 5.41) is 8.91. The standard InChI is InChI=1S/C22H19ClN4O/c1-14-3-8-20-17(11-14)12-19(15(2)25-20)22(28)26-21-9-10-24-27(21)13-16-4-6-18(23)7-5-16/h3-12H,13H2,1-2H3,(H,26,28). The van der Waals surface area contributed by atoms with Crippen molar-refractivity contribution in [3.8, 4) is 0 Å². The quantitative estimate of drug-likeness (QED) is 0.533. The lowest BCUT2D eigenvalue weighted by Gasteiger charge is -2.11. The van der Waals surface area contributed by atoms with Crippen LogP contribution in [-0.2, 0) is 6.54 Å². The maximum atomic E-state index is 12.9.